The maximum Gasteiger partial charge on any atom is 0.262 e. The second kappa shape index (κ2) is 7.25. The van der Waals surface area contributed by atoms with Crippen LogP contribution in [0.5, 0.6) is 0 Å². The molecule has 3 heterocycles. The van der Waals surface area contributed by atoms with Crippen LogP contribution in [0.3, 0.4) is 0 Å². The monoisotopic (exact) mass is 358 g/mol. The highest BCUT2D eigenvalue weighted by atomic mass is 16.2. The standard InChI is InChI=1S/C18H22N4O4/c1-3-12(21-8-6-19-7-9-21)10-13-11(2)17(25)22(18(13)26)14-4-5-15(23)20-16(14)24/h3,10,14,19H,1,4-9H2,2H3,(H,20,23,24)/b12-10+. The van der Waals surface area contributed by atoms with Crippen LogP contribution >= 0.6 is 0 Å². The van der Waals surface area contributed by atoms with E-state index in [1.807, 2.05) is 0 Å². The van der Waals surface area contributed by atoms with Crippen molar-refractivity contribution in [2.24, 2.45) is 0 Å². The Morgan fingerprint density at radius 1 is 1.15 bits per heavy atom. The molecule has 26 heavy (non-hydrogen) atoms. The maximum absolute atomic E-state index is 12.9. The second-order valence-electron chi connectivity index (χ2n) is 6.50. The Balaban J connectivity index is 1.86. The third-order valence-corrected chi connectivity index (χ3v) is 4.90. The molecule has 3 rings (SSSR count). The normalized spacial score (nSPS) is 25.1. The van der Waals surface area contributed by atoms with Gasteiger partial charge >= 0.3 is 0 Å². The fourth-order valence-corrected chi connectivity index (χ4v) is 3.41. The molecular formula is C18H22N4O4. The van der Waals surface area contributed by atoms with Crippen LogP contribution < -0.4 is 10.6 Å². The summed E-state index contributed by atoms with van der Waals surface area (Å²) in [5.74, 6) is -1.98. The van der Waals surface area contributed by atoms with Crippen molar-refractivity contribution in [1.82, 2.24) is 20.4 Å². The third-order valence-electron chi connectivity index (χ3n) is 4.90. The van der Waals surface area contributed by atoms with Crippen molar-refractivity contribution in [2.75, 3.05) is 26.2 Å². The number of piperidine rings is 1. The van der Waals surface area contributed by atoms with Crippen LogP contribution in [0.4, 0.5) is 0 Å². The van der Waals surface area contributed by atoms with Crippen LogP contribution in [-0.2, 0) is 19.2 Å². The van der Waals surface area contributed by atoms with E-state index in [1.54, 1.807) is 19.1 Å². The maximum atomic E-state index is 12.9. The number of nitrogens with zero attached hydrogens (tertiary/aromatic N) is 2. The molecule has 0 saturated carbocycles. The lowest BCUT2D eigenvalue weighted by molar-refractivity contribution is -0.150. The molecule has 0 radical (unpaired) electrons. The Kier molecular flexibility index (Phi) is 5.03. The van der Waals surface area contributed by atoms with Gasteiger partial charge in [0.1, 0.15) is 6.04 Å². The van der Waals surface area contributed by atoms with Crippen molar-refractivity contribution in [2.45, 2.75) is 25.8 Å². The van der Waals surface area contributed by atoms with Crippen LogP contribution in [0, 0.1) is 0 Å². The number of allylic oxidation sites excluding steroid dienone is 1. The average Bonchev–Trinajstić information content (AvgIpc) is 2.84. The number of piperazine rings is 1. The lowest BCUT2D eigenvalue weighted by atomic mass is 10.0. The summed E-state index contributed by atoms with van der Waals surface area (Å²) in [5, 5.41) is 5.45. The first-order chi connectivity index (χ1) is 12.4. The van der Waals surface area contributed by atoms with Crippen molar-refractivity contribution in [3.63, 3.8) is 0 Å². The number of carbonyl (C=O) groups is 4. The van der Waals surface area contributed by atoms with Gasteiger partial charge in [0.25, 0.3) is 11.8 Å². The Hall–Kier alpha value is -2.74. The molecule has 4 amide bonds. The number of rotatable bonds is 4. The van der Waals surface area contributed by atoms with Crippen molar-refractivity contribution >= 4 is 23.6 Å². The predicted molar refractivity (Wildman–Crippen MR) is 93.4 cm³/mol. The molecule has 138 valence electrons. The molecule has 3 aliphatic heterocycles. The molecule has 1 unspecified atom stereocenters. The Morgan fingerprint density at radius 3 is 2.46 bits per heavy atom. The summed E-state index contributed by atoms with van der Waals surface area (Å²) in [5.41, 5.74) is 1.34. The highest BCUT2D eigenvalue weighted by molar-refractivity contribution is 6.22. The number of amides is 4. The Labute approximate surface area is 151 Å². The molecule has 0 spiro atoms. The van der Waals surface area contributed by atoms with Crippen LogP contribution in [0.25, 0.3) is 0 Å². The third kappa shape index (κ3) is 3.20. The summed E-state index contributed by atoms with van der Waals surface area (Å²) in [7, 11) is 0. The largest absolute Gasteiger partial charge is 0.369 e. The van der Waals surface area contributed by atoms with Gasteiger partial charge in [-0.25, -0.2) is 0 Å². The van der Waals surface area contributed by atoms with Crippen LogP contribution in [0.1, 0.15) is 19.8 Å². The van der Waals surface area contributed by atoms with Crippen molar-refractivity contribution < 1.29 is 19.2 Å². The molecule has 3 aliphatic rings. The molecule has 0 aromatic heterocycles. The number of hydrogen-bond acceptors (Lipinski definition) is 6. The van der Waals surface area contributed by atoms with Crippen molar-refractivity contribution in [3.05, 3.63) is 35.6 Å². The van der Waals surface area contributed by atoms with Crippen molar-refractivity contribution in [1.29, 1.82) is 0 Å². The van der Waals surface area contributed by atoms with Gasteiger partial charge in [-0.1, -0.05) is 6.58 Å². The van der Waals surface area contributed by atoms with E-state index in [0.29, 0.717) is 5.57 Å². The first kappa shape index (κ1) is 18.1. The van der Waals surface area contributed by atoms with Gasteiger partial charge in [0.15, 0.2) is 0 Å². The van der Waals surface area contributed by atoms with Gasteiger partial charge in [0.05, 0.1) is 5.57 Å². The van der Waals surface area contributed by atoms with E-state index in [1.165, 1.54) is 0 Å². The predicted octanol–water partition coefficient (Wildman–Crippen LogP) is -0.548. The molecule has 8 heteroatoms. The van der Waals surface area contributed by atoms with Gasteiger partial charge < -0.3 is 10.2 Å². The molecule has 1 atom stereocenters. The SMILES string of the molecule is C=C/C(=C\C1=C(C)C(=O)N(C2CCC(=O)NC2=O)C1=O)N1CCNCC1. The zero-order valence-electron chi connectivity index (χ0n) is 14.7. The van der Waals surface area contributed by atoms with E-state index in [4.69, 9.17) is 0 Å². The smallest absolute Gasteiger partial charge is 0.262 e. The molecule has 0 aromatic rings. The molecule has 0 aliphatic carbocycles. The lowest BCUT2D eigenvalue weighted by Crippen LogP contribution is -2.54. The molecule has 0 aromatic carbocycles. The van der Waals surface area contributed by atoms with E-state index in [9.17, 15) is 19.2 Å². The molecule has 2 saturated heterocycles. The first-order valence-corrected chi connectivity index (χ1v) is 8.66. The lowest BCUT2D eigenvalue weighted by Gasteiger charge is -2.30. The number of nitrogens with one attached hydrogen (secondary N) is 2. The number of carbonyl (C=O) groups excluding carboxylic acids is 4. The Bertz CT molecular complexity index is 746. The van der Waals surface area contributed by atoms with E-state index < -0.39 is 23.8 Å². The fraction of sp³-hybridized carbons (Fsp3) is 0.444. The summed E-state index contributed by atoms with van der Waals surface area (Å²) in [6, 6.07) is -0.945. The zero-order chi connectivity index (χ0) is 18.8. The molecule has 0 bridgehead atoms. The topological polar surface area (TPSA) is 98.8 Å². The zero-order valence-corrected chi connectivity index (χ0v) is 14.7. The van der Waals surface area contributed by atoms with Crippen LogP contribution in [0.2, 0.25) is 0 Å². The van der Waals surface area contributed by atoms with Gasteiger partial charge in [-0.3, -0.25) is 29.4 Å². The van der Waals surface area contributed by atoms with E-state index in [2.05, 4.69) is 22.1 Å². The van der Waals surface area contributed by atoms with Gasteiger partial charge in [-0.05, 0) is 25.5 Å². The minimum atomic E-state index is -0.945. The minimum Gasteiger partial charge on any atom is -0.369 e. The van der Waals surface area contributed by atoms with Gasteiger partial charge in [0.2, 0.25) is 11.8 Å². The number of hydrogen-bond donors (Lipinski definition) is 2. The quantitative estimate of drug-likeness (QED) is 0.517. The Morgan fingerprint density at radius 2 is 1.85 bits per heavy atom. The molecule has 2 N–H and O–H groups in total. The number of imide groups is 2. The van der Waals surface area contributed by atoms with Gasteiger partial charge in [-0.15, -0.1) is 0 Å². The van der Waals surface area contributed by atoms with Gasteiger partial charge in [0, 0.05) is 43.9 Å². The summed E-state index contributed by atoms with van der Waals surface area (Å²) < 4.78 is 0. The highest BCUT2D eigenvalue weighted by Crippen LogP contribution is 2.28. The fourth-order valence-electron chi connectivity index (χ4n) is 3.41. The summed E-state index contributed by atoms with van der Waals surface area (Å²) >= 11 is 0. The second-order valence-corrected chi connectivity index (χ2v) is 6.50. The molecular weight excluding hydrogens is 336 g/mol. The average molecular weight is 358 g/mol. The van der Waals surface area contributed by atoms with E-state index in [-0.39, 0.29) is 24.3 Å². The van der Waals surface area contributed by atoms with Crippen molar-refractivity contribution in [3.8, 4) is 0 Å². The molecule has 2 fully saturated rings. The minimum absolute atomic E-state index is 0.108. The van der Waals surface area contributed by atoms with Crippen LogP contribution in [-0.4, -0.2) is 65.6 Å². The van der Waals surface area contributed by atoms with Crippen LogP contribution in [0.15, 0.2) is 35.6 Å². The first-order valence-electron chi connectivity index (χ1n) is 8.66. The van der Waals surface area contributed by atoms with E-state index in [0.717, 1.165) is 36.8 Å². The summed E-state index contributed by atoms with van der Waals surface area (Å²) in [4.78, 5) is 51.9. The summed E-state index contributed by atoms with van der Waals surface area (Å²) in [6.45, 7) is 8.62. The molecule has 8 nitrogen and oxygen atoms in total. The van der Waals surface area contributed by atoms with E-state index >= 15 is 0 Å². The van der Waals surface area contributed by atoms with Gasteiger partial charge in [-0.2, -0.15) is 0 Å². The highest BCUT2D eigenvalue weighted by Gasteiger charge is 2.44. The summed E-state index contributed by atoms with van der Waals surface area (Å²) in [6.07, 6.45) is 3.59.